The average Bonchev–Trinajstić information content (AvgIpc) is 2.85. The topological polar surface area (TPSA) is 307 Å². The van der Waals surface area contributed by atoms with E-state index < -0.39 is 124 Å². The van der Waals surface area contributed by atoms with Gasteiger partial charge in [-0.1, -0.05) is 189 Å². The number of aliphatic hydroxyl groups excluding tert-OH is 11. The minimum atomic E-state index is -1.98. The van der Waals surface area contributed by atoms with E-state index in [2.05, 4.69) is 79.9 Å². The molecule has 0 aromatic heterocycles. The molecule has 3 rings (SSSR count). The number of carbonyl (C=O) groups is 1. The molecule has 0 radical (unpaired) electrons. The second-order valence-corrected chi connectivity index (χ2v) is 22.8. The first-order valence-electron chi connectivity index (χ1n) is 32.2. The summed E-state index contributed by atoms with van der Waals surface area (Å²) >= 11 is 0. The molecule has 0 aromatic carbocycles. The number of aliphatic hydroxyl groups is 11. The van der Waals surface area contributed by atoms with Crippen LogP contribution in [0.4, 0.5) is 0 Å². The van der Waals surface area contributed by atoms with E-state index >= 15 is 0 Å². The molecule has 19 heteroatoms. The van der Waals surface area contributed by atoms with Crippen LogP contribution >= 0.6 is 0 Å². The molecule has 0 spiro atoms. The largest absolute Gasteiger partial charge is 0.394 e. The molecule has 1 amide bonds. The zero-order chi connectivity index (χ0) is 61.2. The van der Waals surface area contributed by atoms with Crippen LogP contribution in [0.1, 0.15) is 200 Å². The highest BCUT2D eigenvalue weighted by Crippen LogP contribution is 2.33. The molecule has 0 bridgehead atoms. The molecule has 3 aliphatic rings. The fraction of sp³-hybridized carbons (Fsp3) is 0.800. The first-order valence-corrected chi connectivity index (χ1v) is 32.2. The Hall–Kier alpha value is -2.77. The zero-order valence-corrected chi connectivity index (χ0v) is 50.9. The lowest BCUT2D eigenvalue weighted by atomic mass is 9.96. The van der Waals surface area contributed by atoms with Gasteiger partial charge >= 0.3 is 0 Å². The third-order valence-corrected chi connectivity index (χ3v) is 15.7. The molecule has 3 fully saturated rings. The maximum absolute atomic E-state index is 13.3. The molecule has 0 aromatic rings. The summed E-state index contributed by atoms with van der Waals surface area (Å²) in [7, 11) is 0. The summed E-state index contributed by atoms with van der Waals surface area (Å²) in [6.45, 7) is 1.62. The smallest absolute Gasteiger partial charge is 0.220 e. The van der Waals surface area contributed by atoms with Gasteiger partial charge in [0.05, 0.1) is 38.6 Å². The van der Waals surface area contributed by atoms with E-state index in [0.717, 1.165) is 70.6 Å². The second kappa shape index (κ2) is 47.3. The molecule has 17 unspecified atom stereocenters. The van der Waals surface area contributed by atoms with Crippen molar-refractivity contribution in [3.05, 3.63) is 72.9 Å². The van der Waals surface area contributed by atoms with Gasteiger partial charge in [0, 0.05) is 6.42 Å². The van der Waals surface area contributed by atoms with Crippen LogP contribution in [0.15, 0.2) is 72.9 Å². The predicted octanol–water partition coefficient (Wildman–Crippen LogP) is 6.99. The molecule has 19 nitrogen and oxygen atoms in total. The molecule has 3 saturated heterocycles. The van der Waals surface area contributed by atoms with Crippen molar-refractivity contribution >= 4 is 5.91 Å². The molecular formula is C65H113NO18. The van der Waals surface area contributed by atoms with E-state index in [9.17, 15) is 61.0 Å². The van der Waals surface area contributed by atoms with Gasteiger partial charge in [-0.2, -0.15) is 0 Å². The van der Waals surface area contributed by atoms with E-state index in [4.69, 9.17) is 28.4 Å². The van der Waals surface area contributed by atoms with E-state index in [1.165, 1.54) is 96.3 Å². The lowest BCUT2D eigenvalue weighted by Crippen LogP contribution is -2.66. The molecule has 486 valence electrons. The number of unbranched alkanes of at least 4 members (excludes halogenated alkanes) is 21. The van der Waals surface area contributed by atoms with Crippen molar-refractivity contribution in [2.24, 2.45) is 0 Å². The lowest BCUT2D eigenvalue weighted by molar-refractivity contribution is -0.379. The van der Waals surface area contributed by atoms with Crippen LogP contribution in [-0.4, -0.2) is 193 Å². The van der Waals surface area contributed by atoms with Gasteiger partial charge in [-0.15, -0.1) is 0 Å². The van der Waals surface area contributed by atoms with Crippen molar-refractivity contribution in [3.63, 3.8) is 0 Å². The molecule has 12 N–H and O–H groups in total. The molecule has 17 atom stereocenters. The van der Waals surface area contributed by atoms with Gasteiger partial charge in [-0.3, -0.25) is 4.79 Å². The van der Waals surface area contributed by atoms with Crippen LogP contribution in [0, 0.1) is 0 Å². The standard InChI is InChI=1S/C65H113NO18/c1-3-5-7-9-11-13-15-17-18-19-20-21-22-23-24-25-26-27-28-29-30-31-33-35-37-39-41-43-53(71)66-48(49(70)42-40-38-36-34-32-16-14-12-10-8-6-4-2)47-79-63-59(77)56(74)61(51(45-68)81-63)84-65-60(78)57(75)62(52(46-69)82-65)83-64-58(76)55(73)54(72)50(44-67)80-64/h10,12,15,17,19-20,22-23,32,34,40,42,48-52,54-65,67-70,72-78H,3-9,11,13-14,16,18,21,24-31,33,35-39,41,43-47H2,1-2H3,(H,66,71)/b12-10+,17-15-,20-19-,23-22-,34-32+,42-40+. The first-order chi connectivity index (χ1) is 40.8. The molecule has 0 saturated carbocycles. The molecular weight excluding hydrogens is 1080 g/mol. The summed E-state index contributed by atoms with van der Waals surface area (Å²) in [6.07, 6.45) is 30.4. The Morgan fingerprint density at radius 3 is 1.31 bits per heavy atom. The van der Waals surface area contributed by atoms with Crippen molar-refractivity contribution in [2.45, 2.75) is 304 Å². The number of rotatable bonds is 47. The normalized spacial score (nSPS) is 29.7. The zero-order valence-electron chi connectivity index (χ0n) is 50.9. The summed E-state index contributed by atoms with van der Waals surface area (Å²) in [5.41, 5.74) is 0. The number of amides is 1. The number of carbonyl (C=O) groups excluding carboxylic acids is 1. The number of hydrogen-bond acceptors (Lipinski definition) is 18. The average molecular weight is 1200 g/mol. The van der Waals surface area contributed by atoms with E-state index in [0.29, 0.717) is 12.8 Å². The van der Waals surface area contributed by atoms with Gasteiger partial charge < -0.3 is 89.9 Å². The minimum Gasteiger partial charge on any atom is -0.394 e. The number of allylic oxidation sites excluding steroid dienone is 11. The molecule has 0 aliphatic carbocycles. The van der Waals surface area contributed by atoms with Crippen LogP contribution < -0.4 is 5.32 Å². The number of nitrogens with one attached hydrogen (secondary N) is 1. The third kappa shape index (κ3) is 30.0. The highest BCUT2D eigenvalue weighted by molar-refractivity contribution is 5.76. The Bertz CT molecular complexity index is 1810. The van der Waals surface area contributed by atoms with E-state index in [1.807, 2.05) is 6.08 Å². The van der Waals surface area contributed by atoms with Gasteiger partial charge in [0.2, 0.25) is 5.91 Å². The quantitative estimate of drug-likeness (QED) is 0.0216. The Morgan fingerprint density at radius 1 is 0.429 bits per heavy atom. The van der Waals surface area contributed by atoms with Crippen molar-refractivity contribution < 1.29 is 89.4 Å². The van der Waals surface area contributed by atoms with Crippen LogP contribution in [0.2, 0.25) is 0 Å². The lowest BCUT2D eigenvalue weighted by Gasteiger charge is -2.48. The molecule has 3 heterocycles. The second-order valence-electron chi connectivity index (χ2n) is 22.8. The van der Waals surface area contributed by atoms with Crippen molar-refractivity contribution in [3.8, 4) is 0 Å². The van der Waals surface area contributed by atoms with Crippen LogP contribution in [0.3, 0.4) is 0 Å². The summed E-state index contributed by atoms with van der Waals surface area (Å²) in [5.74, 6) is -0.296. The third-order valence-electron chi connectivity index (χ3n) is 15.7. The minimum absolute atomic E-state index is 0.226. The van der Waals surface area contributed by atoms with Gasteiger partial charge in [-0.05, 0) is 77.0 Å². The fourth-order valence-corrected chi connectivity index (χ4v) is 10.4. The highest BCUT2D eigenvalue weighted by atomic mass is 16.8. The Kier molecular flexibility index (Phi) is 42.5. The van der Waals surface area contributed by atoms with Gasteiger partial charge in [0.25, 0.3) is 0 Å². The fourth-order valence-electron chi connectivity index (χ4n) is 10.4. The van der Waals surface area contributed by atoms with Gasteiger partial charge in [0.15, 0.2) is 18.9 Å². The maximum atomic E-state index is 13.3. The Labute approximate surface area is 502 Å². The summed E-state index contributed by atoms with van der Waals surface area (Å²) in [6, 6.07) is -0.999. The summed E-state index contributed by atoms with van der Waals surface area (Å²) in [4.78, 5) is 13.3. The van der Waals surface area contributed by atoms with Crippen LogP contribution in [0.5, 0.6) is 0 Å². The van der Waals surface area contributed by atoms with E-state index in [-0.39, 0.29) is 18.9 Å². The van der Waals surface area contributed by atoms with Crippen LogP contribution in [0.25, 0.3) is 0 Å². The van der Waals surface area contributed by atoms with Crippen molar-refractivity contribution in [1.82, 2.24) is 5.32 Å². The monoisotopic (exact) mass is 1200 g/mol. The predicted molar refractivity (Wildman–Crippen MR) is 323 cm³/mol. The summed E-state index contributed by atoms with van der Waals surface area (Å²) in [5, 5.41) is 120. The molecule has 3 aliphatic heterocycles. The molecule has 84 heavy (non-hydrogen) atoms. The van der Waals surface area contributed by atoms with Gasteiger partial charge in [-0.25, -0.2) is 0 Å². The first kappa shape index (κ1) is 75.5. The van der Waals surface area contributed by atoms with Gasteiger partial charge in [0.1, 0.15) is 73.2 Å². The van der Waals surface area contributed by atoms with Crippen molar-refractivity contribution in [2.75, 3.05) is 26.4 Å². The SMILES string of the molecule is CCCC/C=C/CC/C=C/CC/C=C/C(O)C(COC1OC(CO)C(OC2OC(CO)C(OC3OC(CO)C(O)C(O)C3O)C(O)C2O)C(O)C1O)NC(=O)CCCCCCCCCCCCCC/C=C\C/C=C\C/C=C\CCCCCCC. The Morgan fingerprint density at radius 2 is 0.810 bits per heavy atom. The number of hydrogen-bond donors (Lipinski definition) is 12. The summed E-state index contributed by atoms with van der Waals surface area (Å²) < 4.78 is 34.2. The number of ether oxygens (including phenoxy) is 6. The highest BCUT2D eigenvalue weighted by Gasteiger charge is 2.53. The van der Waals surface area contributed by atoms with E-state index in [1.54, 1.807) is 6.08 Å². The van der Waals surface area contributed by atoms with Crippen LogP contribution in [-0.2, 0) is 33.2 Å². The maximum Gasteiger partial charge on any atom is 0.220 e. The van der Waals surface area contributed by atoms with Crippen molar-refractivity contribution in [1.29, 1.82) is 0 Å². The Balaban J connectivity index is 1.43.